The molecule has 6 nitrogen and oxygen atoms in total. The van der Waals surface area contributed by atoms with Crippen molar-refractivity contribution in [3.8, 4) is 0 Å². The Kier molecular flexibility index (Phi) is 5.46. The van der Waals surface area contributed by atoms with E-state index in [1.165, 1.54) is 13.3 Å². The Morgan fingerprint density at radius 1 is 1.13 bits per heavy atom. The molecule has 0 saturated heterocycles. The number of hydrogen-bond donors (Lipinski definition) is 2. The fraction of sp³-hybridized carbons (Fsp3) is 0.118. The third-order valence-corrected chi connectivity index (χ3v) is 3.05. The molecule has 0 aliphatic heterocycles. The van der Waals surface area contributed by atoms with Gasteiger partial charge in [-0.05, 0) is 30.7 Å². The number of aryl methyl sites for hydroxylation is 1. The van der Waals surface area contributed by atoms with Crippen LogP contribution >= 0.6 is 0 Å². The van der Waals surface area contributed by atoms with Crippen LogP contribution in [0.2, 0.25) is 0 Å². The van der Waals surface area contributed by atoms with Crippen molar-refractivity contribution >= 4 is 17.7 Å². The maximum atomic E-state index is 12.2. The van der Waals surface area contributed by atoms with E-state index in [9.17, 15) is 9.59 Å². The monoisotopic (exact) mass is 311 g/mol. The third-order valence-electron chi connectivity index (χ3n) is 3.05. The fourth-order valence-electron chi connectivity index (χ4n) is 1.82. The number of carbonyl (C=O) groups is 2. The maximum absolute atomic E-state index is 12.2. The Labute approximate surface area is 134 Å². The molecule has 118 valence electrons. The first kappa shape index (κ1) is 16.2. The third kappa shape index (κ3) is 4.41. The Hall–Kier alpha value is -3.15. The SMILES string of the molecule is COC(=O)/C(=C\Nc1ncccc1C)NC(=O)c1ccccc1. The van der Waals surface area contributed by atoms with Crippen molar-refractivity contribution in [3.63, 3.8) is 0 Å². The van der Waals surface area contributed by atoms with E-state index < -0.39 is 11.9 Å². The quantitative estimate of drug-likeness (QED) is 0.654. The van der Waals surface area contributed by atoms with E-state index in [0.717, 1.165) is 5.56 Å². The molecule has 0 bridgehead atoms. The van der Waals surface area contributed by atoms with Crippen LogP contribution in [0.4, 0.5) is 5.82 Å². The second kappa shape index (κ2) is 7.74. The zero-order valence-electron chi connectivity index (χ0n) is 12.9. The second-order valence-corrected chi connectivity index (χ2v) is 4.68. The highest BCUT2D eigenvalue weighted by Gasteiger charge is 2.14. The van der Waals surface area contributed by atoms with Gasteiger partial charge in [-0.2, -0.15) is 0 Å². The summed E-state index contributed by atoms with van der Waals surface area (Å²) in [6, 6.07) is 12.3. The minimum absolute atomic E-state index is 0.00796. The molecule has 0 aliphatic rings. The highest BCUT2D eigenvalue weighted by Crippen LogP contribution is 2.10. The molecule has 0 fully saturated rings. The fourth-order valence-corrected chi connectivity index (χ4v) is 1.82. The number of ether oxygens (including phenoxy) is 1. The first-order valence-electron chi connectivity index (χ1n) is 6.95. The molecule has 2 aromatic rings. The Morgan fingerprint density at radius 2 is 1.87 bits per heavy atom. The van der Waals surface area contributed by atoms with Gasteiger partial charge in [0.15, 0.2) is 0 Å². The molecule has 1 heterocycles. The number of pyridine rings is 1. The molecule has 1 aromatic carbocycles. The van der Waals surface area contributed by atoms with Gasteiger partial charge in [-0.3, -0.25) is 4.79 Å². The molecular formula is C17H17N3O3. The normalized spacial score (nSPS) is 10.8. The van der Waals surface area contributed by atoms with Crippen LogP contribution in [0.5, 0.6) is 0 Å². The summed E-state index contributed by atoms with van der Waals surface area (Å²) in [6.07, 6.45) is 2.99. The van der Waals surface area contributed by atoms with Crippen molar-refractivity contribution in [2.24, 2.45) is 0 Å². The summed E-state index contributed by atoms with van der Waals surface area (Å²) in [6.45, 7) is 1.88. The summed E-state index contributed by atoms with van der Waals surface area (Å²) < 4.78 is 4.69. The number of methoxy groups -OCH3 is 1. The zero-order valence-corrected chi connectivity index (χ0v) is 12.9. The molecule has 0 atom stereocenters. The number of anilines is 1. The zero-order chi connectivity index (χ0) is 16.7. The van der Waals surface area contributed by atoms with Crippen LogP contribution in [0.3, 0.4) is 0 Å². The maximum Gasteiger partial charge on any atom is 0.356 e. The summed E-state index contributed by atoms with van der Waals surface area (Å²) >= 11 is 0. The van der Waals surface area contributed by atoms with Crippen molar-refractivity contribution in [3.05, 3.63) is 71.7 Å². The van der Waals surface area contributed by atoms with Crippen molar-refractivity contribution in [1.82, 2.24) is 10.3 Å². The van der Waals surface area contributed by atoms with E-state index in [-0.39, 0.29) is 5.70 Å². The molecule has 0 saturated carbocycles. The van der Waals surface area contributed by atoms with E-state index >= 15 is 0 Å². The molecule has 0 aliphatic carbocycles. The molecule has 23 heavy (non-hydrogen) atoms. The Morgan fingerprint density at radius 3 is 2.52 bits per heavy atom. The smallest absolute Gasteiger partial charge is 0.356 e. The first-order valence-corrected chi connectivity index (χ1v) is 6.95. The van der Waals surface area contributed by atoms with Gasteiger partial charge in [0.05, 0.1) is 7.11 Å². The lowest BCUT2D eigenvalue weighted by Crippen LogP contribution is -2.28. The lowest BCUT2D eigenvalue weighted by atomic mass is 10.2. The van der Waals surface area contributed by atoms with Gasteiger partial charge >= 0.3 is 5.97 Å². The number of esters is 1. The molecule has 6 heteroatoms. The average molecular weight is 311 g/mol. The predicted octanol–water partition coefficient (Wildman–Crippen LogP) is 2.25. The summed E-state index contributed by atoms with van der Waals surface area (Å²) in [5.74, 6) is -0.472. The Bertz CT molecular complexity index is 727. The lowest BCUT2D eigenvalue weighted by molar-refractivity contribution is -0.136. The first-order chi connectivity index (χ1) is 11.1. The van der Waals surface area contributed by atoms with Gasteiger partial charge < -0.3 is 15.4 Å². The van der Waals surface area contributed by atoms with Crippen LogP contribution in [-0.4, -0.2) is 24.0 Å². The van der Waals surface area contributed by atoms with Crippen LogP contribution in [0.1, 0.15) is 15.9 Å². The number of nitrogens with zero attached hydrogens (tertiary/aromatic N) is 1. The van der Waals surface area contributed by atoms with Crippen LogP contribution in [0.25, 0.3) is 0 Å². The van der Waals surface area contributed by atoms with E-state index in [4.69, 9.17) is 0 Å². The highest BCUT2D eigenvalue weighted by molar-refractivity contribution is 6.01. The van der Waals surface area contributed by atoms with E-state index in [2.05, 4.69) is 20.4 Å². The second-order valence-electron chi connectivity index (χ2n) is 4.68. The van der Waals surface area contributed by atoms with E-state index in [0.29, 0.717) is 11.4 Å². The van der Waals surface area contributed by atoms with Gasteiger partial charge in [0, 0.05) is 18.0 Å². The summed E-state index contributed by atoms with van der Waals surface area (Å²) in [7, 11) is 1.25. The van der Waals surface area contributed by atoms with Crippen molar-refractivity contribution in [2.75, 3.05) is 12.4 Å². The van der Waals surface area contributed by atoms with Crippen LogP contribution in [0.15, 0.2) is 60.6 Å². The van der Waals surface area contributed by atoms with E-state index in [1.54, 1.807) is 36.5 Å². The molecular weight excluding hydrogens is 294 g/mol. The minimum atomic E-state index is -0.657. The molecule has 0 unspecified atom stereocenters. The number of benzene rings is 1. The van der Waals surface area contributed by atoms with Gasteiger partial charge in [-0.1, -0.05) is 24.3 Å². The van der Waals surface area contributed by atoms with Gasteiger partial charge in [-0.25, -0.2) is 9.78 Å². The molecule has 1 amide bonds. The summed E-state index contributed by atoms with van der Waals surface area (Å²) in [5.41, 5.74) is 1.34. The average Bonchev–Trinajstić information content (AvgIpc) is 2.59. The number of amides is 1. The molecule has 2 N–H and O–H groups in total. The van der Waals surface area contributed by atoms with Crippen molar-refractivity contribution in [2.45, 2.75) is 6.92 Å². The topological polar surface area (TPSA) is 80.3 Å². The van der Waals surface area contributed by atoms with E-state index in [1.807, 2.05) is 19.1 Å². The van der Waals surface area contributed by atoms with Gasteiger partial charge in [0.1, 0.15) is 11.5 Å². The predicted molar refractivity (Wildman–Crippen MR) is 86.6 cm³/mol. The standard InChI is InChI=1S/C17H17N3O3/c1-12-7-6-10-18-15(12)19-11-14(17(22)23-2)20-16(21)13-8-4-3-5-9-13/h3-11H,1-2H3,(H,18,19)(H,20,21)/b14-11+. The largest absolute Gasteiger partial charge is 0.464 e. The van der Waals surface area contributed by atoms with Gasteiger partial charge in [0.2, 0.25) is 0 Å². The summed E-state index contributed by atoms with van der Waals surface area (Å²) in [5, 5.41) is 5.43. The molecule has 0 radical (unpaired) electrons. The Balaban J connectivity index is 2.17. The highest BCUT2D eigenvalue weighted by atomic mass is 16.5. The summed E-state index contributed by atoms with van der Waals surface area (Å²) in [4.78, 5) is 28.1. The van der Waals surface area contributed by atoms with Crippen molar-refractivity contribution in [1.29, 1.82) is 0 Å². The number of carbonyl (C=O) groups excluding carboxylic acids is 2. The van der Waals surface area contributed by atoms with Crippen LogP contribution in [-0.2, 0) is 9.53 Å². The minimum Gasteiger partial charge on any atom is -0.464 e. The molecule has 1 aromatic heterocycles. The van der Waals surface area contributed by atoms with Crippen molar-refractivity contribution < 1.29 is 14.3 Å². The van der Waals surface area contributed by atoms with Gasteiger partial charge in [-0.15, -0.1) is 0 Å². The molecule has 2 rings (SSSR count). The van der Waals surface area contributed by atoms with Gasteiger partial charge in [0.25, 0.3) is 5.91 Å². The number of aromatic nitrogens is 1. The number of rotatable bonds is 5. The van der Waals surface area contributed by atoms with Crippen LogP contribution in [0, 0.1) is 6.92 Å². The number of nitrogens with one attached hydrogen (secondary N) is 2. The number of hydrogen-bond acceptors (Lipinski definition) is 5. The lowest BCUT2D eigenvalue weighted by Gasteiger charge is -2.09. The van der Waals surface area contributed by atoms with Crippen LogP contribution < -0.4 is 10.6 Å². The molecule has 0 spiro atoms.